The second-order valence-electron chi connectivity index (χ2n) is 6.21. The van der Waals surface area contributed by atoms with Crippen LogP contribution < -0.4 is 4.74 Å². The van der Waals surface area contributed by atoms with Crippen molar-refractivity contribution in [2.45, 2.75) is 25.9 Å². The first kappa shape index (κ1) is 19.8. The molecule has 1 heterocycles. The van der Waals surface area contributed by atoms with Crippen molar-refractivity contribution >= 4 is 0 Å². The van der Waals surface area contributed by atoms with Crippen molar-refractivity contribution in [1.82, 2.24) is 15.0 Å². The Morgan fingerprint density at radius 3 is 2.32 bits per heavy atom. The van der Waals surface area contributed by atoms with E-state index in [0.29, 0.717) is 30.6 Å². The molecule has 5 nitrogen and oxygen atoms in total. The molecule has 0 N–H and O–H groups in total. The molecule has 0 aliphatic carbocycles. The Morgan fingerprint density at radius 1 is 1.00 bits per heavy atom. The van der Waals surface area contributed by atoms with Crippen molar-refractivity contribution in [3.8, 4) is 5.75 Å². The molecule has 0 atom stereocenters. The Labute approximate surface area is 158 Å². The van der Waals surface area contributed by atoms with E-state index in [1.165, 1.54) is 36.4 Å². The first-order valence-electron chi connectivity index (χ1n) is 8.34. The van der Waals surface area contributed by atoms with Gasteiger partial charge >= 0.3 is 6.18 Å². The van der Waals surface area contributed by atoms with Gasteiger partial charge in [-0.05, 0) is 49.0 Å². The number of alkyl halides is 3. The van der Waals surface area contributed by atoms with Crippen LogP contribution in [0.1, 0.15) is 22.8 Å². The van der Waals surface area contributed by atoms with Gasteiger partial charge in [0.05, 0.1) is 12.1 Å². The standard InChI is InChI=1S/C19H17F4N3O2/c1-26(10-13-2-4-14(5-3-13)19(21,22)23)11-18-24-17(25-28-18)12-27-16-8-6-15(20)7-9-16/h2-9H,10-12H2,1H3. The summed E-state index contributed by atoms with van der Waals surface area (Å²) in [7, 11) is 1.79. The van der Waals surface area contributed by atoms with Gasteiger partial charge in [0.1, 0.15) is 11.6 Å². The summed E-state index contributed by atoms with van der Waals surface area (Å²) in [5, 5.41) is 3.81. The lowest BCUT2D eigenvalue weighted by molar-refractivity contribution is -0.137. The molecule has 9 heteroatoms. The van der Waals surface area contributed by atoms with E-state index >= 15 is 0 Å². The molecule has 0 fully saturated rings. The Kier molecular flexibility index (Phi) is 5.93. The molecule has 0 saturated carbocycles. The lowest BCUT2D eigenvalue weighted by atomic mass is 10.1. The van der Waals surface area contributed by atoms with Gasteiger partial charge in [-0.15, -0.1) is 0 Å². The van der Waals surface area contributed by atoms with Crippen molar-refractivity contribution in [1.29, 1.82) is 0 Å². The summed E-state index contributed by atoms with van der Waals surface area (Å²) in [6.07, 6.45) is -4.35. The number of halogens is 4. The number of hydrogen-bond acceptors (Lipinski definition) is 5. The van der Waals surface area contributed by atoms with E-state index in [9.17, 15) is 17.6 Å². The molecule has 0 aliphatic heterocycles. The van der Waals surface area contributed by atoms with Crippen molar-refractivity contribution < 1.29 is 26.8 Å². The Morgan fingerprint density at radius 2 is 1.68 bits per heavy atom. The third-order valence-corrected chi connectivity index (χ3v) is 3.83. The summed E-state index contributed by atoms with van der Waals surface area (Å²) in [6.45, 7) is 0.810. The highest BCUT2D eigenvalue weighted by Gasteiger charge is 2.29. The average molecular weight is 395 g/mol. The first-order valence-corrected chi connectivity index (χ1v) is 8.34. The Balaban J connectivity index is 1.50. The van der Waals surface area contributed by atoms with Gasteiger partial charge in [0.25, 0.3) is 0 Å². The second-order valence-corrected chi connectivity index (χ2v) is 6.21. The molecule has 0 aliphatic rings. The van der Waals surface area contributed by atoms with E-state index in [-0.39, 0.29) is 12.4 Å². The number of benzene rings is 2. The van der Waals surface area contributed by atoms with Crippen LogP contribution in [0, 0.1) is 5.82 Å². The summed E-state index contributed by atoms with van der Waals surface area (Å²) >= 11 is 0. The van der Waals surface area contributed by atoms with E-state index in [2.05, 4.69) is 10.1 Å². The molecule has 148 valence electrons. The number of rotatable bonds is 7. The van der Waals surface area contributed by atoms with Crippen LogP contribution >= 0.6 is 0 Å². The average Bonchev–Trinajstić information content (AvgIpc) is 3.08. The van der Waals surface area contributed by atoms with E-state index in [0.717, 1.165) is 17.7 Å². The zero-order valence-electron chi connectivity index (χ0n) is 14.9. The van der Waals surface area contributed by atoms with Gasteiger partial charge in [0.2, 0.25) is 11.7 Å². The first-order chi connectivity index (χ1) is 13.3. The number of hydrogen-bond donors (Lipinski definition) is 0. The monoisotopic (exact) mass is 395 g/mol. The third kappa shape index (κ3) is 5.53. The molecule has 0 spiro atoms. The minimum absolute atomic E-state index is 0.0672. The summed E-state index contributed by atoms with van der Waals surface area (Å²) in [6, 6.07) is 10.6. The molecule has 0 saturated heterocycles. The van der Waals surface area contributed by atoms with Gasteiger partial charge in [-0.3, -0.25) is 4.90 Å². The topological polar surface area (TPSA) is 51.4 Å². The summed E-state index contributed by atoms with van der Waals surface area (Å²) in [5.74, 6) is 0.812. The Bertz CT molecular complexity index is 893. The van der Waals surface area contributed by atoms with E-state index in [4.69, 9.17) is 9.26 Å². The van der Waals surface area contributed by atoms with Crippen molar-refractivity contribution in [2.75, 3.05) is 7.05 Å². The van der Waals surface area contributed by atoms with Gasteiger partial charge in [-0.1, -0.05) is 17.3 Å². The van der Waals surface area contributed by atoms with E-state index in [1.807, 2.05) is 4.90 Å². The molecule has 1 aromatic heterocycles. The van der Waals surface area contributed by atoms with Crippen LogP contribution in [0.2, 0.25) is 0 Å². The van der Waals surface area contributed by atoms with Crippen LogP contribution in [0.5, 0.6) is 5.75 Å². The predicted molar refractivity (Wildman–Crippen MR) is 91.6 cm³/mol. The molecule has 3 rings (SSSR count). The van der Waals surface area contributed by atoms with Crippen molar-refractivity contribution in [2.24, 2.45) is 0 Å². The highest BCUT2D eigenvalue weighted by Crippen LogP contribution is 2.29. The molecule has 0 radical (unpaired) electrons. The van der Waals surface area contributed by atoms with Crippen LogP contribution in [0.3, 0.4) is 0 Å². The van der Waals surface area contributed by atoms with Gasteiger partial charge in [-0.25, -0.2) is 4.39 Å². The zero-order chi connectivity index (χ0) is 20.1. The fourth-order valence-electron chi connectivity index (χ4n) is 2.49. The largest absolute Gasteiger partial charge is 0.485 e. The van der Waals surface area contributed by atoms with Crippen LogP contribution in [0.4, 0.5) is 17.6 Å². The maximum atomic E-state index is 12.9. The van der Waals surface area contributed by atoms with Crippen molar-refractivity contribution in [3.05, 3.63) is 77.2 Å². The number of aromatic nitrogens is 2. The predicted octanol–water partition coefficient (Wildman–Crippen LogP) is 4.44. The zero-order valence-corrected chi connectivity index (χ0v) is 14.9. The summed E-state index contributed by atoms with van der Waals surface area (Å²) in [5.41, 5.74) is 0.0523. The minimum Gasteiger partial charge on any atom is -0.485 e. The summed E-state index contributed by atoms with van der Waals surface area (Å²) in [4.78, 5) is 6.04. The highest BCUT2D eigenvalue weighted by atomic mass is 19.4. The normalized spacial score (nSPS) is 11.8. The SMILES string of the molecule is CN(Cc1ccc(C(F)(F)F)cc1)Cc1nc(COc2ccc(F)cc2)no1. The lowest BCUT2D eigenvalue weighted by Crippen LogP contribution is -2.17. The van der Waals surface area contributed by atoms with Crippen LogP contribution in [0.25, 0.3) is 0 Å². The fraction of sp³-hybridized carbons (Fsp3) is 0.263. The third-order valence-electron chi connectivity index (χ3n) is 3.83. The Hall–Kier alpha value is -2.94. The van der Waals surface area contributed by atoms with Gasteiger partial charge < -0.3 is 9.26 Å². The molecule has 3 aromatic rings. The quantitative estimate of drug-likeness (QED) is 0.554. The van der Waals surface area contributed by atoms with Crippen LogP contribution in [-0.2, 0) is 25.9 Å². The maximum Gasteiger partial charge on any atom is 0.416 e. The molecule has 2 aromatic carbocycles. The van der Waals surface area contributed by atoms with E-state index < -0.39 is 11.7 Å². The molecule has 0 bridgehead atoms. The van der Waals surface area contributed by atoms with Crippen LogP contribution in [-0.4, -0.2) is 22.1 Å². The van der Waals surface area contributed by atoms with Crippen molar-refractivity contribution in [3.63, 3.8) is 0 Å². The smallest absolute Gasteiger partial charge is 0.416 e. The van der Waals surface area contributed by atoms with Gasteiger partial charge in [-0.2, -0.15) is 18.2 Å². The fourth-order valence-corrected chi connectivity index (χ4v) is 2.49. The van der Waals surface area contributed by atoms with Gasteiger partial charge in [0.15, 0.2) is 6.61 Å². The molecule has 28 heavy (non-hydrogen) atoms. The summed E-state index contributed by atoms with van der Waals surface area (Å²) < 4.78 is 61.2. The minimum atomic E-state index is -4.35. The van der Waals surface area contributed by atoms with Crippen LogP contribution in [0.15, 0.2) is 53.1 Å². The molecule has 0 amide bonds. The molecule has 0 unspecified atom stereocenters. The number of nitrogens with zero attached hydrogens (tertiary/aromatic N) is 3. The highest BCUT2D eigenvalue weighted by molar-refractivity contribution is 5.24. The maximum absolute atomic E-state index is 12.9. The van der Waals surface area contributed by atoms with Gasteiger partial charge in [0, 0.05) is 6.54 Å². The number of ether oxygens (including phenoxy) is 1. The van der Waals surface area contributed by atoms with E-state index in [1.54, 1.807) is 7.05 Å². The molecular formula is C19H17F4N3O2. The second kappa shape index (κ2) is 8.39. The lowest BCUT2D eigenvalue weighted by Gasteiger charge is -2.14. The molecular weight excluding hydrogens is 378 g/mol.